The van der Waals surface area contributed by atoms with E-state index in [9.17, 15) is 4.79 Å². The molecule has 1 fully saturated rings. The van der Waals surface area contributed by atoms with Crippen molar-refractivity contribution in [3.05, 3.63) is 42.5 Å². The molecule has 116 valence electrons. The van der Waals surface area contributed by atoms with Crippen LogP contribution in [0.5, 0.6) is 0 Å². The fraction of sp³-hybridized carbons (Fsp3) is 0.438. The molecule has 0 aliphatic carbocycles. The number of amides is 1. The zero-order chi connectivity index (χ0) is 15.2. The van der Waals surface area contributed by atoms with E-state index in [0.717, 1.165) is 30.8 Å². The van der Waals surface area contributed by atoms with Crippen molar-refractivity contribution in [2.45, 2.75) is 25.8 Å². The van der Waals surface area contributed by atoms with Crippen LogP contribution < -0.4 is 10.6 Å². The Kier molecular flexibility index (Phi) is 4.80. The number of carbonyl (C=O) groups excluding carboxylic acids is 1. The lowest BCUT2D eigenvalue weighted by Crippen LogP contribution is -2.16. The second-order valence-corrected chi connectivity index (χ2v) is 5.70. The predicted octanol–water partition coefficient (Wildman–Crippen LogP) is 1.65. The molecule has 6 heteroatoms. The minimum atomic E-state index is 0.0814. The lowest BCUT2D eigenvalue weighted by atomic mass is 10.0. The number of para-hydroxylation sites is 1. The van der Waals surface area contributed by atoms with E-state index in [2.05, 4.69) is 20.7 Å². The molecule has 1 aromatic carbocycles. The number of nitrogens with one attached hydrogen (secondary N) is 2. The van der Waals surface area contributed by atoms with Gasteiger partial charge in [0, 0.05) is 12.1 Å². The number of nitrogens with zero attached hydrogens (tertiary/aromatic N) is 3. The van der Waals surface area contributed by atoms with Crippen LogP contribution in [-0.2, 0) is 11.3 Å². The number of aromatic nitrogens is 3. The minimum Gasteiger partial charge on any atom is -0.326 e. The SMILES string of the molecule is O=C(CCC1CCNC1)Nc1ccccc1Cn1cncn1. The van der Waals surface area contributed by atoms with E-state index in [1.54, 1.807) is 11.0 Å². The van der Waals surface area contributed by atoms with Crippen molar-refractivity contribution >= 4 is 11.6 Å². The summed E-state index contributed by atoms with van der Waals surface area (Å²) >= 11 is 0. The smallest absolute Gasteiger partial charge is 0.224 e. The quantitative estimate of drug-likeness (QED) is 0.851. The second-order valence-electron chi connectivity index (χ2n) is 5.70. The van der Waals surface area contributed by atoms with Gasteiger partial charge in [-0.05, 0) is 43.5 Å². The van der Waals surface area contributed by atoms with Crippen molar-refractivity contribution in [1.82, 2.24) is 20.1 Å². The monoisotopic (exact) mass is 299 g/mol. The van der Waals surface area contributed by atoms with Crippen LogP contribution in [0.4, 0.5) is 5.69 Å². The summed E-state index contributed by atoms with van der Waals surface area (Å²) in [5.74, 6) is 0.717. The third-order valence-electron chi connectivity index (χ3n) is 4.03. The normalized spacial score (nSPS) is 17.5. The van der Waals surface area contributed by atoms with Crippen LogP contribution in [-0.4, -0.2) is 33.8 Å². The van der Waals surface area contributed by atoms with E-state index >= 15 is 0 Å². The summed E-state index contributed by atoms with van der Waals surface area (Å²) < 4.78 is 1.75. The van der Waals surface area contributed by atoms with E-state index in [1.165, 1.54) is 12.7 Å². The predicted molar refractivity (Wildman–Crippen MR) is 84.4 cm³/mol. The summed E-state index contributed by atoms with van der Waals surface area (Å²) in [5, 5.41) is 10.5. The number of hydrogen-bond donors (Lipinski definition) is 2. The first-order chi connectivity index (χ1) is 10.8. The highest BCUT2D eigenvalue weighted by Gasteiger charge is 2.16. The van der Waals surface area contributed by atoms with Crippen LogP contribution in [0.25, 0.3) is 0 Å². The Labute approximate surface area is 129 Å². The topological polar surface area (TPSA) is 71.8 Å². The van der Waals surface area contributed by atoms with Crippen LogP contribution in [0.2, 0.25) is 0 Å². The Bertz CT molecular complexity index is 605. The molecule has 1 atom stereocenters. The van der Waals surface area contributed by atoms with Crippen molar-refractivity contribution < 1.29 is 4.79 Å². The highest BCUT2D eigenvalue weighted by atomic mass is 16.1. The maximum Gasteiger partial charge on any atom is 0.224 e. The Morgan fingerprint density at radius 2 is 2.32 bits per heavy atom. The molecular weight excluding hydrogens is 278 g/mol. The van der Waals surface area contributed by atoms with Gasteiger partial charge in [-0.2, -0.15) is 5.10 Å². The fourth-order valence-corrected chi connectivity index (χ4v) is 2.78. The Balaban J connectivity index is 1.58. The summed E-state index contributed by atoms with van der Waals surface area (Å²) in [6, 6.07) is 7.83. The maximum absolute atomic E-state index is 12.2. The van der Waals surface area contributed by atoms with Gasteiger partial charge in [-0.15, -0.1) is 0 Å². The van der Waals surface area contributed by atoms with Gasteiger partial charge in [0.25, 0.3) is 0 Å². The number of anilines is 1. The number of carbonyl (C=O) groups is 1. The van der Waals surface area contributed by atoms with Gasteiger partial charge in [-0.25, -0.2) is 9.67 Å². The van der Waals surface area contributed by atoms with Gasteiger partial charge in [0.1, 0.15) is 12.7 Å². The van der Waals surface area contributed by atoms with Crippen molar-refractivity contribution in [3.63, 3.8) is 0 Å². The molecule has 1 amide bonds. The molecule has 2 aromatic rings. The number of rotatable bonds is 6. The van der Waals surface area contributed by atoms with Gasteiger partial charge in [0.05, 0.1) is 6.54 Å². The van der Waals surface area contributed by atoms with Crippen molar-refractivity contribution in [2.24, 2.45) is 5.92 Å². The largest absolute Gasteiger partial charge is 0.326 e. The average Bonchev–Trinajstić information content (AvgIpc) is 3.20. The van der Waals surface area contributed by atoms with Gasteiger partial charge in [0.2, 0.25) is 5.91 Å². The van der Waals surface area contributed by atoms with Crippen LogP contribution >= 0.6 is 0 Å². The van der Waals surface area contributed by atoms with Gasteiger partial charge in [-0.3, -0.25) is 4.79 Å². The Hall–Kier alpha value is -2.21. The Morgan fingerprint density at radius 3 is 3.09 bits per heavy atom. The summed E-state index contributed by atoms with van der Waals surface area (Å²) in [6.45, 7) is 2.71. The van der Waals surface area contributed by atoms with E-state index in [-0.39, 0.29) is 5.91 Å². The standard InChI is InChI=1S/C16H21N5O/c22-16(6-5-13-7-8-17-9-13)20-15-4-2-1-3-14(15)10-21-12-18-11-19-21/h1-4,11-13,17H,5-10H2,(H,20,22). The molecule has 0 bridgehead atoms. The first-order valence-electron chi connectivity index (χ1n) is 7.72. The van der Waals surface area contributed by atoms with Gasteiger partial charge < -0.3 is 10.6 Å². The molecule has 1 aliphatic rings. The molecule has 1 aliphatic heterocycles. The average molecular weight is 299 g/mol. The zero-order valence-electron chi connectivity index (χ0n) is 12.5. The van der Waals surface area contributed by atoms with Crippen molar-refractivity contribution in [3.8, 4) is 0 Å². The van der Waals surface area contributed by atoms with Crippen LogP contribution in [0, 0.1) is 5.92 Å². The highest BCUT2D eigenvalue weighted by Crippen LogP contribution is 2.18. The molecule has 6 nitrogen and oxygen atoms in total. The zero-order valence-corrected chi connectivity index (χ0v) is 12.5. The van der Waals surface area contributed by atoms with E-state index in [0.29, 0.717) is 18.9 Å². The maximum atomic E-state index is 12.2. The number of benzene rings is 1. The summed E-state index contributed by atoms with van der Waals surface area (Å²) in [4.78, 5) is 16.1. The van der Waals surface area contributed by atoms with E-state index < -0.39 is 0 Å². The first-order valence-corrected chi connectivity index (χ1v) is 7.72. The molecule has 1 aromatic heterocycles. The lowest BCUT2D eigenvalue weighted by molar-refractivity contribution is -0.116. The molecule has 1 unspecified atom stereocenters. The molecule has 0 spiro atoms. The van der Waals surface area contributed by atoms with Gasteiger partial charge in [0.15, 0.2) is 0 Å². The molecule has 0 radical (unpaired) electrons. The second kappa shape index (κ2) is 7.17. The van der Waals surface area contributed by atoms with Crippen LogP contribution in [0.1, 0.15) is 24.8 Å². The van der Waals surface area contributed by atoms with E-state index in [4.69, 9.17) is 0 Å². The third-order valence-corrected chi connectivity index (χ3v) is 4.03. The lowest BCUT2D eigenvalue weighted by Gasteiger charge is -2.12. The Morgan fingerprint density at radius 1 is 1.41 bits per heavy atom. The molecular formula is C16H21N5O. The molecule has 2 heterocycles. The fourth-order valence-electron chi connectivity index (χ4n) is 2.78. The van der Waals surface area contributed by atoms with Crippen molar-refractivity contribution in [1.29, 1.82) is 0 Å². The molecule has 1 saturated heterocycles. The minimum absolute atomic E-state index is 0.0814. The van der Waals surface area contributed by atoms with E-state index in [1.807, 2.05) is 24.3 Å². The number of hydrogen-bond acceptors (Lipinski definition) is 4. The summed E-state index contributed by atoms with van der Waals surface area (Å²) in [5.41, 5.74) is 1.89. The van der Waals surface area contributed by atoms with Gasteiger partial charge in [-0.1, -0.05) is 18.2 Å². The third kappa shape index (κ3) is 3.92. The van der Waals surface area contributed by atoms with Crippen molar-refractivity contribution in [2.75, 3.05) is 18.4 Å². The summed E-state index contributed by atoms with van der Waals surface area (Å²) in [6.07, 6.45) is 5.88. The van der Waals surface area contributed by atoms with Gasteiger partial charge >= 0.3 is 0 Å². The van der Waals surface area contributed by atoms with Crippen LogP contribution in [0.15, 0.2) is 36.9 Å². The van der Waals surface area contributed by atoms with Crippen LogP contribution in [0.3, 0.4) is 0 Å². The molecule has 3 rings (SSSR count). The first kappa shape index (κ1) is 14.7. The molecule has 22 heavy (non-hydrogen) atoms. The molecule has 2 N–H and O–H groups in total. The summed E-state index contributed by atoms with van der Waals surface area (Å²) in [7, 11) is 0. The highest BCUT2D eigenvalue weighted by molar-refractivity contribution is 5.91. The molecule has 0 saturated carbocycles.